The molecule has 0 bridgehead atoms. The van der Waals surface area contributed by atoms with E-state index in [9.17, 15) is 0 Å². The maximum absolute atomic E-state index is 5.26. The summed E-state index contributed by atoms with van der Waals surface area (Å²) in [6.07, 6.45) is 16.7. The van der Waals surface area contributed by atoms with E-state index in [4.69, 9.17) is 9.98 Å². The van der Waals surface area contributed by atoms with Gasteiger partial charge in [-0.25, -0.2) is 0 Å². The molecule has 0 saturated carbocycles. The predicted octanol–water partition coefficient (Wildman–Crippen LogP) is 10.4. The molecule has 0 saturated heterocycles. The number of benzene rings is 2. The summed E-state index contributed by atoms with van der Waals surface area (Å²) in [5.41, 5.74) is 7.52. The van der Waals surface area contributed by atoms with Gasteiger partial charge in [-0.15, -0.1) is 0 Å². The molecule has 0 radical (unpaired) electrons. The molecule has 0 aliphatic rings. The van der Waals surface area contributed by atoms with Crippen LogP contribution in [0.2, 0.25) is 0 Å². The second kappa shape index (κ2) is 19.6. The van der Waals surface area contributed by atoms with Crippen molar-refractivity contribution in [2.24, 2.45) is 9.98 Å². The van der Waals surface area contributed by atoms with Crippen LogP contribution in [0.1, 0.15) is 116 Å². The number of para-hydroxylation sites is 1. The molecule has 0 heterocycles. The fourth-order valence-corrected chi connectivity index (χ4v) is 4.32. The van der Waals surface area contributed by atoms with Crippen molar-refractivity contribution in [3.63, 3.8) is 0 Å². The number of aliphatic imine (C=N–C) groups is 2. The van der Waals surface area contributed by atoms with Crippen molar-refractivity contribution in [3.8, 4) is 0 Å². The van der Waals surface area contributed by atoms with Gasteiger partial charge in [0.2, 0.25) is 0 Å². The quantitative estimate of drug-likeness (QED) is 0.103. The molecule has 0 fully saturated rings. The first-order valence-electron chi connectivity index (χ1n) is 14.0. The Morgan fingerprint density at radius 3 is 1.60 bits per heavy atom. The van der Waals surface area contributed by atoms with E-state index in [0.29, 0.717) is 0 Å². The third-order valence-corrected chi connectivity index (χ3v) is 6.44. The van der Waals surface area contributed by atoms with E-state index in [-0.39, 0.29) is 20.4 Å². The van der Waals surface area contributed by atoms with Crippen LogP contribution in [0.4, 0.5) is 11.4 Å². The van der Waals surface area contributed by atoms with Gasteiger partial charge >= 0.3 is 0 Å². The molecule has 2 aromatic carbocycles. The monoisotopic (exact) mass is 566 g/mol. The van der Waals surface area contributed by atoms with Crippen molar-refractivity contribution in [1.82, 2.24) is 0 Å². The second-order valence-corrected chi connectivity index (χ2v) is 9.53. The first kappa shape index (κ1) is 31.5. The topological polar surface area (TPSA) is 24.7 Å². The van der Waals surface area contributed by atoms with Crippen molar-refractivity contribution in [2.75, 3.05) is 0 Å². The molecule has 0 unspecified atom stereocenters. The zero-order chi connectivity index (χ0) is 24.4. The van der Waals surface area contributed by atoms with Crippen LogP contribution in [0.3, 0.4) is 0 Å². The normalized spacial score (nSPS) is 12.0. The average Bonchev–Trinajstić information content (AvgIpc) is 2.86. The van der Waals surface area contributed by atoms with E-state index in [1.54, 1.807) is 0 Å². The van der Waals surface area contributed by atoms with Crippen LogP contribution in [-0.4, -0.2) is 11.4 Å². The average molecular weight is 567 g/mol. The smallest absolute Gasteiger partial charge is 0.0636 e. The summed E-state index contributed by atoms with van der Waals surface area (Å²) in [7, 11) is 0. The van der Waals surface area contributed by atoms with E-state index in [1.807, 2.05) is 0 Å². The van der Waals surface area contributed by atoms with Crippen LogP contribution in [0.15, 0.2) is 58.5 Å². The first-order chi connectivity index (χ1) is 16.7. The van der Waals surface area contributed by atoms with E-state index < -0.39 is 0 Å². The summed E-state index contributed by atoms with van der Waals surface area (Å²) in [5.74, 6) is 0. The van der Waals surface area contributed by atoms with E-state index in [2.05, 4.69) is 76.2 Å². The molecule has 2 aromatic rings. The molecule has 0 amide bonds. The van der Waals surface area contributed by atoms with Gasteiger partial charge in [-0.05, 0) is 86.8 Å². The third kappa shape index (κ3) is 12.3. The molecule has 0 atom stereocenters. The Bertz CT molecular complexity index is 870. The van der Waals surface area contributed by atoms with Gasteiger partial charge in [-0.3, -0.25) is 9.98 Å². The van der Waals surface area contributed by atoms with Crippen molar-refractivity contribution >= 4 is 22.8 Å². The number of rotatable bonds is 17. The summed E-state index contributed by atoms with van der Waals surface area (Å²) < 4.78 is 0. The molecule has 0 aliphatic heterocycles. The zero-order valence-corrected chi connectivity index (χ0v) is 24.3. The molecule has 196 valence electrons. The maximum atomic E-state index is 5.26. The van der Waals surface area contributed by atoms with Gasteiger partial charge in [0.05, 0.1) is 22.8 Å². The first-order valence-corrected chi connectivity index (χ1v) is 14.0. The zero-order valence-electron chi connectivity index (χ0n) is 22.7. The Balaban J connectivity index is 0.00000612. The van der Waals surface area contributed by atoms with E-state index >= 15 is 0 Å². The molecule has 2 nitrogen and oxygen atoms in total. The second-order valence-electron chi connectivity index (χ2n) is 9.53. The van der Waals surface area contributed by atoms with Crippen LogP contribution in [0.5, 0.6) is 0 Å². The van der Waals surface area contributed by atoms with Crippen LogP contribution >= 0.6 is 0 Å². The van der Waals surface area contributed by atoms with Crippen LogP contribution in [0.25, 0.3) is 0 Å². The van der Waals surface area contributed by atoms with Crippen LogP contribution in [-0.2, 0) is 33.3 Å². The number of unbranched alkanes of at least 4 members (excludes halogenated alkanes) is 6. The Morgan fingerprint density at radius 1 is 0.543 bits per heavy atom. The summed E-state index contributed by atoms with van der Waals surface area (Å²) in [5, 5.41) is 0. The van der Waals surface area contributed by atoms with Crippen molar-refractivity contribution in [2.45, 2.75) is 118 Å². The molecular weight excluding hydrogens is 519 g/mol. The predicted molar refractivity (Wildman–Crippen MR) is 153 cm³/mol. The summed E-state index contributed by atoms with van der Waals surface area (Å²) in [4.78, 5) is 10.3. The fraction of sp³-hybridized carbons (Fsp3) is 0.562. The minimum Gasteiger partial charge on any atom is -0.252 e. The molecule has 0 aromatic heterocycles. The molecule has 3 heteroatoms. The van der Waals surface area contributed by atoms with Gasteiger partial charge in [0.25, 0.3) is 0 Å². The molecule has 0 spiro atoms. The third-order valence-electron chi connectivity index (χ3n) is 6.44. The number of hydrogen-bond donors (Lipinski definition) is 0. The minimum atomic E-state index is 0. The Morgan fingerprint density at radius 2 is 1.06 bits per heavy atom. The molecule has 0 aliphatic carbocycles. The SMILES string of the molecule is CCCCCc1ccc(N=C(CCCC)C(CCCC)=Nc2ccccc2)cc1CCCCC.[Pd]. The van der Waals surface area contributed by atoms with Gasteiger partial charge in [0.15, 0.2) is 0 Å². The van der Waals surface area contributed by atoms with Gasteiger partial charge < -0.3 is 0 Å². The van der Waals surface area contributed by atoms with E-state index in [1.165, 1.54) is 86.8 Å². The van der Waals surface area contributed by atoms with Gasteiger partial charge in [0, 0.05) is 20.4 Å². The van der Waals surface area contributed by atoms with Gasteiger partial charge in [-0.1, -0.05) is 90.5 Å². The van der Waals surface area contributed by atoms with Crippen molar-refractivity contribution in [3.05, 3.63) is 59.7 Å². The summed E-state index contributed by atoms with van der Waals surface area (Å²) in [6, 6.07) is 17.4. The van der Waals surface area contributed by atoms with Gasteiger partial charge in [-0.2, -0.15) is 0 Å². The maximum Gasteiger partial charge on any atom is 0.0636 e. The van der Waals surface area contributed by atoms with Crippen LogP contribution < -0.4 is 0 Å². The Kier molecular flexibility index (Phi) is 17.6. The van der Waals surface area contributed by atoms with E-state index in [0.717, 1.165) is 37.1 Å². The van der Waals surface area contributed by atoms with Crippen LogP contribution in [0, 0.1) is 0 Å². The summed E-state index contributed by atoms with van der Waals surface area (Å²) in [6.45, 7) is 9.08. The number of nitrogens with zero attached hydrogens (tertiary/aromatic N) is 2. The molecule has 35 heavy (non-hydrogen) atoms. The Hall–Kier alpha value is -1.56. The standard InChI is InChI=1S/C32H48N2.Pd/c1-5-9-14-18-27-24-25-30(26-28(27)19-15-10-6-2)34-32(23-12-8-4)31(22-11-7-3)33-29-20-16-13-17-21-29;/h13,16-17,20-21,24-26H,5-12,14-15,18-19,22-23H2,1-4H3;. The largest absolute Gasteiger partial charge is 0.252 e. The molecule has 2 rings (SSSR count). The number of aryl methyl sites for hydroxylation is 2. The van der Waals surface area contributed by atoms with Crippen molar-refractivity contribution < 1.29 is 20.4 Å². The molecular formula is C32H48N2Pd. The fourth-order valence-electron chi connectivity index (χ4n) is 4.32. The molecule has 0 N–H and O–H groups in total. The summed E-state index contributed by atoms with van der Waals surface area (Å²) >= 11 is 0. The van der Waals surface area contributed by atoms with Crippen molar-refractivity contribution in [1.29, 1.82) is 0 Å². The Labute approximate surface area is 229 Å². The number of hydrogen-bond acceptors (Lipinski definition) is 2. The van der Waals surface area contributed by atoms with Gasteiger partial charge in [0.1, 0.15) is 0 Å². The minimum absolute atomic E-state index is 0.